The van der Waals surface area contributed by atoms with Crippen molar-refractivity contribution in [3.8, 4) is 0 Å². The normalized spacial score (nSPS) is 17.3. The van der Waals surface area contributed by atoms with Crippen molar-refractivity contribution in [3.63, 3.8) is 0 Å². The molecule has 0 aromatic heterocycles. The molecule has 1 aromatic carbocycles. The molecule has 1 aromatic rings. The third kappa shape index (κ3) is 2.86. The quantitative estimate of drug-likeness (QED) is 0.911. The number of halogens is 2. The van der Waals surface area contributed by atoms with Crippen LogP contribution in [0.25, 0.3) is 0 Å². The maximum absolute atomic E-state index is 12.8. The molecule has 0 spiro atoms. The molecule has 1 saturated heterocycles. The maximum atomic E-state index is 12.8. The first-order valence-corrected chi connectivity index (χ1v) is 6.61. The number of nitrogens with one attached hydrogen (secondary N) is 1. The van der Waals surface area contributed by atoms with Crippen LogP contribution < -0.4 is 4.72 Å². The smallest absolute Gasteiger partial charge is 0.303 e. The van der Waals surface area contributed by atoms with Crippen molar-refractivity contribution >= 4 is 27.5 Å². The highest BCUT2D eigenvalue weighted by molar-refractivity contribution is 7.90. The Bertz CT molecular complexity index is 517. The minimum Gasteiger partial charge on any atom is -0.364 e. The highest BCUT2D eigenvalue weighted by atomic mass is 35.5. The Balaban J connectivity index is 2.19. The highest BCUT2D eigenvalue weighted by Crippen LogP contribution is 2.24. The molecular weight excluding hydrogens is 271 g/mol. The second kappa shape index (κ2) is 4.77. The van der Waals surface area contributed by atoms with E-state index in [0.717, 1.165) is 16.4 Å². The van der Waals surface area contributed by atoms with Gasteiger partial charge in [-0.3, -0.25) is 4.72 Å². The van der Waals surface area contributed by atoms with E-state index in [0.29, 0.717) is 6.61 Å². The van der Waals surface area contributed by atoms with E-state index in [2.05, 4.69) is 4.72 Å². The van der Waals surface area contributed by atoms with Gasteiger partial charge in [0.05, 0.1) is 17.3 Å². The molecule has 1 N–H and O–H groups in total. The van der Waals surface area contributed by atoms with Gasteiger partial charge in [-0.05, 0) is 18.2 Å². The molecule has 94 valence electrons. The lowest BCUT2D eigenvalue weighted by Gasteiger charge is -2.16. The predicted octanol–water partition coefficient (Wildman–Crippen LogP) is 1.43. The van der Waals surface area contributed by atoms with E-state index in [1.807, 2.05) is 0 Å². The minimum atomic E-state index is -3.70. The van der Waals surface area contributed by atoms with Crippen LogP contribution >= 0.6 is 11.6 Å². The average Bonchev–Trinajstić information content (AvgIpc) is 2.76. The molecule has 1 fully saturated rings. The van der Waals surface area contributed by atoms with E-state index in [1.165, 1.54) is 6.07 Å². The van der Waals surface area contributed by atoms with E-state index in [1.54, 1.807) is 0 Å². The number of ether oxygens (including phenoxy) is 1. The van der Waals surface area contributed by atoms with Crippen molar-refractivity contribution < 1.29 is 17.5 Å². The molecule has 0 aliphatic carbocycles. The molecule has 1 aliphatic heterocycles. The fourth-order valence-electron chi connectivity index (χ4n) is 1.36. The van der Waals surface area contributed by atoms with Crippen LogP contribution in [0.15, 0.2) is 18.2 Å². The number of anilines is 1. The molecule has 0 bridgehead atoms. The Labute approximate surface area is 103 Å². The summed E-state index contributed by atoms with van der Waals surface area (Å²) in [6.45, 7) is 0.653. The number of hydrogen-bond acceptors (Lipinski definition) is 3. The van der Waals surface area contributed by atoms with E-state index in [4.69, 9.17) is 16.3 Å². The molecule has 8 heteroatoms. The third-order valence-corrected chi connectivity index (χ3v) is 3.99. The van der Waals surface area contributed by atoms with E-state index < -0.39 is 16.0 Å². The first kappa shape index (κ1) is 12.6. The van der Waals surface area contributed by atoms with Gasteiger partial charge in [-0.15, -0.1) is 0 Å². The van der Waals surface area contributed by atoms with Gasteiger partial charge in [0.1, 0.15) is 12.5 Å². The van der Waals surface area contributed by atoms with Gasteiger partial charge in [0.25, 0.3) is 0 Å². The van der Waals surface area contributed by atoms with Gasteiger partial charge in [-0.25, -0.2) is 4.39 Å². The van der Waals surface area contributed by atoms with Gasteiger partial charge in [0, 0.05) is 6.54 Å². The van der Waals surface area contributed by atoms with Crippen LogP contribution in [-0.2, 0) is 14.9 Å². The summed E-state index contributed by atoms with van der Waals surface area (Å²) in [4.78, 5) is 0. The van der Waals surface area contributed by atoms with Crippen LogP contribution in [0.1, 0.15) is 0 Å². The zero-order chi connectivity index (χ0) is 12.5. The fraction of sp³-hybridized carbons (Fsp3) is 0.333. The highest BCUT2D eigenvalue weighted by Gasteiger charge is 2.26. The average molecular weight is 281 g/mol. The van der Waals surface area contributed by atoms with Crippen LogP contribution in [0.2, 0.25) is 5.02 Å². The summed E-state index contributed by atoms with van der Waals surface area (Å²) in [6, 6.07) is 3.44. The molecule has 1 aliphatic rings. The van der Waals surface area contributed by atoms with E-state index in [9.17, 15) is 12.8 Å². The molecule has 2 rings (SSSR count). The van der Waals surface area contributed by atoms with Crippen molar-refractivity contribution in [3.05, 3.63) is 29.0 Å². The molecule has 0 unspecified atom stereocenters. The molecule has 1 heterocycles. The molecule has 0 saturated carbocycles. The zero-order valence-corrected chi connectivity index (χ0v) is 10.3. The van der Waals surface area contributed by atoms with Crippen LogP contribution in [0.3, 0.4) is 0 Å². The van der Waals surface area contributed by atoms with Gasteiger partial charge in [-0.1, -0.05) is 11.6 Å². The van der Waals surface area contributed by atoms with Gasteiger partial charge < -0.3 is 4.74 Å². The fourth-order valence-corrected chi connectivity index (χ4v) is 2.75. The first-order valence-electron chi connectivity index (χ1n) is 4.80. The second-order valence-corrected chi connectivity index (χ2v) is 5.52. The molecule has 5 nitrogen and oxygen atoms in total. The summed E-state index contributed by atoms with van der Waals surface area (Å²) in [5.74, 6) is -0.526. The van der Waals surface area contributed by atoms with Gasteiger partial charge in [0.2, 0.25) is 0 Å². The minimum absolute atomic E-state index is 0.00805. The first-order chi connectivity index (χ1) is 7.99. The Kier molecular flexibility index (Phi) is 3.53. The number of hydrogen-bond donors (Lipinski definition) is 1. The summed E-state index contributed by atoms with van der Waals surface area (Å²) in [5.41, 5.74) is 0.139. The number of nitrogens with zero attached hydrogens (tertiary/aromatic N) is 1. The maximum Gasteiger partial charge on any atom is 0.303 e. The SMILES string of the molecule is O=S(=O)(Nc1ccc(F)cc1Cl)N1CCOC1. The van der Waals surface area contributed by atoms with E-state index >= 15 is 0 Å². The molecule has 0 radical (unpaired) electrons. The summed E-state index contributed by atoms with van der Waals surface area (Å²) in [5, 5.41) is 0.00805. The Hall–Kier alpha value is -0.890. The number of rotatable bonds is 3. The Morgan fingerprint density at radius 2 is 2.24 bits per heavy atom. The summed E-state index contributed by atoms with van der Waals surface area (Å²) in [6.07, 6.45) is 0. The van der Waals surface area contributed by atoms with Crippen molar-refractivity contribution in [1.82, 2.24) is 4.31 Å². The summed E-state index contributed by atoms with van der Waals surface area (Å²) >= 11 is 5.73. The van der Waals surface area contributed by atoms with Gasteiger partial charge >= 0.3 is 10.2 Å². The topological polar surface area (TPSA) is 58.6 Å². The number of benzene rings is 1. The molecular formula is C9H10ClFN2O3S. The largest absolute Gasteiger partial charge is 0.364 e. The second-order valence-electron chi connectivity index (χ2n) is 3.44. The standard InChI is InChI=1S/C9H10ClFN2O3S/c10-8-5-7(11)1-2-9(8)12-17(14,15)13-3-4-16-6-13/h1-2,5,12H,3-4,6H2. The van der Waals surface area contributed by atoms with Crippen LogP contribution in [-0.4, -0.2) is 32.6 Å². The predicted molar refractivity (Wildman–Crippen MR) is 61.5 cm³/mol. The molecule has 0 amide bonds. The van der Waals surface area contributed by atoms with Gasteiger partial charge in [0.15, 0.2) is 0 Å². The van der Waals surface area contributed by atoms with Crippen LogP contribution in [0, 0.1) is 5.82 Å². The Morgan fingerprint density at radius 3 is 2.82 bits per heavy atom. The lowest BCUT2D eigenvalue weighted by atomic mass is 10.3. The van der Waals surface area contributed by atoms with Crippen molar-refractivity contribution in [2.45, 2.75) is 0 Å². The van der Waals surface area contributed by atoms with Crippen LogP contribution in [0.4, 0.5) is 10.1 Å². The summed E-state index contributed by atoms with van der Waals surface area (Å²) < 4.78 is 44.8. The Morgan fingerprint density at radius 1 is 1.47 bits per heavy atom. The zero-order valence-electron chi connectivity index (χ0n) is 8.69. The summed E-state index contributed by atoms with van der Waals surface area (Å²) in [7, 11) is -3.70. The lowest BCUT2D eigenvalue weighted by Crippen LogP contribution is -2.33. The van der Waals surface area contributed by atoms with Crippen LogP contribution in [0.5, 0.6) is 0 Å². The monoisotopic (exact) mass is 280 g/mol. The lowest BCUT2D eigenvalue weighted by molar-refractivity contribution is 0.172. The molecule has 0 atom stereocenters. The van der Waals surface area contributed by atoms with Crippen molar-refractivity contribution in [2.75, 3.05) is 24.6 Å². The third-order valence-electron chi connectivity index (χ3n) is 2.23. The molecule has 17 heavy (non-hydrogen) atoms. The van der Waals surface area contributed by atoms with Crippen molar-refractivity contribution in [2.24, 2.45) is 0 Å². The van der Waals surface area contributed by atoms with Crippen molar-refractivity contribution in [1.29, 1.82) is 0 Å². The van der Waals surface area contributed by atoms with E-state index in [-0.39, 0.29) is 24.0 Å². The van der Waals surface area contributed by atoms with Gasteiger partial charge in [-0.2, -0.15) is 12.7 Å².